The van der Waals surface area contributed by atoms with Gasteiger partial charge in [-0.3, -0.25) is 0 Å². The number of methoxy groups -OCH3 is 4. The van der Waals surface area contributed by atoms with Crippen LogP contribution >= 0.6 is 0 Å². The molecule has 0 N–H and O–H groups in total. The third-order valence-corrected chi connectivity index (χ3v) is 3.69. The number of nitriles is 1. The van der Waals surface area contributed by atoms with Crippen molar-refractivity contribution in [3.8, 4) is 11.8 Å². The van der Waals surface area contributed by atoms with Crippen LogP contribution < -0.4 is 9.84 Å². The highest BCUT2D eigenvalue weighted by atomic mass is 16.7. The van der Waals surface area contributed by atoms with E-state index in [9.17, 15) is 20.0 Å². The van der Waals surface area contributed by atoms with Gasteiger partial charge >= 0.3 is 5.97 Å². The molecule has 1 rings (SSSR count). The van der Waals surface area contributed by atoms with Gasteiger partial charge in [-0.25, -0.2) is 4.79 Å². The number of rotatable bonds is 8. The SMILES string of the molecule is COC(=O)C(OC)(OC)C(c1ccc(OC)cc1)C(C#N)C(=O)[O-]. The minimum absolute atomic E-state index is 0.306. The molecule has 2 unspecified atom stereocenters. The zero-order chi connectivity index (χ0) is 18.3. The van der Waals surface area contributed by atoms with Crippen LogP contribution in [0.5, 0.6) is 5.75 Å². The molecule has 0 spiro atoms. The van der Waals surface area contributed by atoms with Gasteiger partial charge < -0.3 is 28.8 Å². The Morgan fingerprint density at radius 3 is 2.00 bits per heavy atom. The molecule has 1 aromatic carbocycles. The maximum Gasteiger partial charge on any atom is 0.367 e. The second-order valence-corrected chi connectivity index (χ2v) is 4.74. The van der Waals surface area contributed by atoms with Crippen molar-refractivity contribution < 1.29 is 33.6 Å². The number of aliphatic carboxylic acids is 1. The Kier molecular flexibility index (Phi) is 6.70. The van der Waals surface area contributed by atoms with Crippen LogP contribution in [0.1, 0.15) is 11.5 Å². The van der Waals surface area contributed by atoms with Crippen molar-refractivity contribution in [2.75, 3.05) is 28.4 Å². The monoisotopic (exact) mass is 336 g/mol. The highest BCUT2D eigenvalue weighted by Crippen LogP contribution is 2.39. The molecule has 0 heterocycles. The van der Waals surface area contributed by atoms with E-state index in [1.807, 2.05) is 0 Å². The van der Waals surface area contributed by atoms with Crippen LogP contribution in [-0.2, 0) is 23.8 Å². The van der Waals surface area contributed by atoms with Crippen LogP contribution in [0.3, 0.4) is 0 Å². The van der Waals surface area contributed by atoms with Gasteiger partial charge in [-0.1, -0.05) is 12.1 Å². The van der Waals surface area contributed by atoms with E-state index in [0.29, 0.717) is 11.3 Å². The summed E-state index contributed by atoms with van der Waals surface area (Å²) in [7, 11) is 4.87. The van der Waals surface area contributed by atoms with Crippen LogP contribution in [0.25, 0.3) is 0 Å². The highest BCUT2D eigenvalue weighted by Gasteiger charge is 2.53. The van der Waals surface area contributed by atoms with Crippen LogP contribution in [0.2, 0.25) is 0 Å². The number of carboxylic acid groups (broad SMARTS) is 1. The summed E-state index contributed by atoms with van der Waals surface area (Å²) >= 11 is 0. The summed E-state index contributed by atoms with van der Waals surface area (Å²) in [6, 6.07) is 7.74. The predicted octanol–water partition coefficient (Wildman–Crippen LogP) is -0.169. The van der Waals surface area contributed by atoms with Crippen molar-refractivity contribution in [2.24, 2.45) is 5.92 Å². The Morgan fingerprint density at radius 1 is 1.12 bits per heavy atom. The number of nitrogens with zero attached hydrogens (tertiary/aromatic N) is 1. The first kappa shape index (κ1) is 19.4. The van der Waals surface area contributed by atoms with E-state index < -0.39 is 29.6 Å². The van der Waals surface area contributed by atoms with Crippen molar-refractivity contribution in [3.05, 3.63) is 29.8 Å². The van der Waals surface area contributed by atoms with Gasteiger partial charge in [0.2, 0.25) is 0 Å². The number of hydrogen-bond donors (Lipinski definition) is 0. The second-order valence-electron chi connectivity index (χ2n) is 4.74. The smallest absolute Gasteiger partial charge is 0.367 e. The van der Waals surface area contributed by atoms with Crippen molar-refractivity contribution in [2.45, 2.75) is 11.7 Å². The first-order valence-electron chi connectivity index (χ1n) is 6.84. The minimum atomic E-state index is -2.14. The van der Waals surface area contributed by atoms with Gasteiger partial charge in [0.1, 0.15) is 5.75 Å². The van der Waals surface area contributed by atoms with E-state index >= 15 is 0 Å². The van der Waals surface area contributed by atoms with Gasteiger partial charge in [-0.05, 0) is 17.7 Å². The van der Waals surface area contributed by atoms with Crippen LogP contribution in [0.15, 0.2) is 24.3 Å². The molecule has 0 saturated carbocycles. The van der Waals surface area contributed by atoms with E-state index in [2.05, 4.69) is 4.74 Å². The highest BCUT2D eigenvalue weighted by molar-refractivity contribution is 5.82. The molecule has 0 amide bonds. The molecule has 24 heavy (non-hydrogen) atoms. The summed E-state index contributed by atoms with van der Waals surface area (Å²) < 4.78 is 20.1. The van der Waals surface area contributed by atoms with Gasteiger partial charge in [0.25, 0.3) is 5.79 Å². The first-order valence-corrected chi connectivity index (χ1v) is 6.84. The summed E-state index contributed by atoms with van der Waals surface area (Å²) in [5, 5.41) is 20.7. The number of ether oxygens (including phenoxy) is 4. The largest absolute Gasteiger partial charge is 0.549 e. The average Bonchev–Trinajstić information content (AvgIpc) is 2.61. The zero-order valence-electron chi connectivity index (χ0n) is 13.8. The lowest BCUT2D eigenvalue weighted by Crippen LogP contribution is -2.53. The van der Waals surface area contributed by atoms with Crippen molar-refractivity contribution in [1.29, 1.82) is 5.26 Å². The lowest BCUT2D eigenvalue weighted by atomic mass is 9.79. The number of carboxylic acids is 1. The van der Waals surface area contributed by atoms with Gasteiger partial charge in [0.15, 0.2) is 0 Å². The zero-order valence-corrected chi connectivity index (χ0v) is 13.8. The maximum absolute atomic E-state index is 12.3. The molecule has 8 nitrogen and oxygen atoms in total. The minimum Gasteiger partial charge on any atom is -0.549 e. The molecular formula is C16H18NO7-. The molecule has 0 aromatic heterocycles. The molecule has 0 radical (unpaired) electrons. The lowest BCUT2D eigenvalue weighted by Gasteiger charge is -2.38. The maximum atomic E-state index is 12.3. The van der Waals surface area contributed by atoms with Crippen LogP contribution in [0, 0.1) is 17.2 Å². The predicted molar refractivity (Wildman–Crippen MR) is 78.6 cm³/mol. The number of benzene rings is 1. The van der Waals surface area contributed by atoms with Crippen LogP contribution in [0.4, 0.5) is 0 Å². The summed E-state index contributed by atoms with van der Waals surface area (Å²) in [5.41, 5.74) is 0.306. The Balaban J connectivity index is 3.59. The molecule has 0 fully saturated rings. The summed E-state index contributed by atoms with van der Waals surface area (Å²) in [4.78, 5) is 23.7. The van der Waals surface area contributed by atoms with Gasteiger partial charge in [0.05, 0.1) is 38.1 Å². The number of carbonyl (C=O) groups is 2. The average molecular weight is 336 g/mol. The first-order chi connectivity index (χ1) is 11.4. The summed E-state index contributed by atoms with van der Waals surface area (Å²) in [5.74, 6) is -7.32. The molecule has 0 aliphatic rings. The molecule has 0 bridgehead atoms. The lowest BCUT2D eigenvalue weighted by molar-refractivity contribution is -0.314. The summed E-state index contributed by atoms with van der Waals surface area (Å²) in [6.07, 6.45) is 0. The molecular weight excluding hydrogens is 318 g/mol. The van der Waals surface area contributed by atoms with E-state index in [0.717, 1.165) is 21.3 Å². The molecule has 1 aromatic rings. The van der Waals surface area contributed by atoms with Crippen molar-refractivity contribution in [3.63, 3.8) is 0 Å². The van der Waals surface area contributed by atoms with E-state index in [1.54, 1.807) is 18.2 Å². The fourth-order valence-corrected chi connectivity index (χ4v) is 2.48. The molecule has 8 heteroatoms. The van der Waals surface area contributed by atoms with Gasteiger partial charge in [-0.2, -0.15) is 5.26 Å². The fraction of sp³-hybridized carbons (Fsp3) is 0.438. The van der Waals surface area contributed by atoms with Crippen LogP contribution in [-0.4, -0.2) is 46.2 Å². The van der Waals surface area contributed by atoms with Crippen molar-refractivity contribution in [1.82, 2.24) is 0 Å². The van der Waals surface area contributed by atoms with Gasteiger partial charge in [-0.15, -0.1) is 0 Å². The third-order valence-electron chi connectivity index (χ3n) is 3.69. The van der Waals surface area contributed by atoms with Gasteiger partial charge in [0, 0.05) is 14.2 Å². The molecule has 2 atom stereocenters. The fourth-order valence-electron chi connectivity index (χ4n) is 2.48. The molecule has 130 valence electrons. The Bertz CT molecular complexity index is 616. The molecule has 0 aliphatic carbocycles. The summed E-state index contributed by atoms with van der Waals surface area (Å²) in [6.45, 7) is 0. The van der Waals surface area contributed by atoms with E-state index in [-0.39, 0.29) is 0 Å². The Morgan fingerprint density at radius 2 is 1.67 bits per heavy atom. The Hall–Kier alpha value is -2.63. The number of carbonyl (C=O) groups excluding carboxylic acids is 2. The van der Waals surface area contributed by atoms with E-state index in [4.69, 9.17) is 14.2 Å². The standard InChI is InChI=1S/C16H19NO7/c1-21-11-7-5-10(6-8-11)13(12(9-17)14(18)19)16(23-3,24-4)15(20)22-2/h5-8,12-13H,1-4H3,(H,18,19)/p-1. The quantitative estimate of drug-likeness (QED) is 0.474. The van der Waals surface area contributed by atoms with E-state index in [1.165, 1.54) is 19.2 Å². The topological polar surface area (TPSA) is 118 Å². The number of esters is 1. The number of hydrogen-bond acceptors (Lipinski definition) is 8. The normalized spacial score (nSPS) is 13.5. The molecule has 0 saturated heterocycles. The second kappa shape index (κ2) is 8.29. The Labute approximate surface area is 139 Å². The van der Waals surface area contributed by atoms with Crippen molar-refractivity contribution >= 4 is 11.9 Å². The third kappa shape index (κ3) is 3.48. The molecule has 0 aliphatic heterocycles.